The minimum absolute atomic E-state index is 0.178. The van der Waals surface area contributed by atoms with Gasteiger partial charge in [0.25, 0.3) is 0 Å². The molecule has 2 aliphatic rings. The van der Waals surface area contributed by atoms with E-state index in [4.69, 9.17) is 47.4 Å². The molecule has 0 spiro atoms. The molecule has 1 saturated heterocycles. The highest BCUT2D eigenvalue weighted by Gasteiger charge is 2.30. The lowest BCUT2D eigenvalue weighted by Crippen LogP contribution is -2.45. The Bertz CT molecular complexity index is 1340. The molecule has 3 aromatic rings. The number of hydrogen-bond donors (Lipinski definition) is 2. The number of fused-ring (bicyclic) bond motifs is 1. The maximum atomic E-state index is 11.8. The van der Waals surface area contributed by atoms with E-state index < -0.39 is 0 Å². The first-order valence-corrected chi connectivity index (χ1v) is 12.7. The Morgan fingerprint density at radius 1 is 1.14 bits per heavy atom. The average Bonchev–Trinajstić information content (AvgIpc) is 3.62. The molecule has 1 saturated carbocycles. The fourth-order valence-corrected chi connectivity index (χ4v) is 5.09. The Kier molecular flexibility index (Phi) is 7.37. The van der Waals surface area contributed by atoms with Crippen molar-refractivity contribution in [2.45, 2.75) is 31.3 Å². The molecule has 0 bridgehead atoms. The van der Waals surface area contributed by atoms with Crippen molar-refractivity contribution in [2.75, 3.05) is 32.8 Å². The summed E-state index contributed by atoms with van der Waals surface area (Å²) in [7, 11) is 3.08. The number of carbonyl (C=O) groups excluding carboxylic acids is 1. The smallest absolute Gasteiger partial charge is 0.243 e. The molecule has 1 aliphatic carbocycles. The third-order valence-electron chi connectivity index (χ3n) is 6.55. The van der Waals surface area contributed by atoms with Crippen LogP contribution in [-0.4, -0.2) is 60.4 Å². The SMILES string of the molecule is C=CC(=O)N[C@H]1COC[C@H]1Nc1ncc2cc(-c3c(Cl)c(OC)cc(OC)c3Cl)nc(CC3CC3)c2n1. The van der Waals surface area contributed by atoms with Crippen molar-refractivity contribution in [3.05, 3.63) is 46.7 Å². The number of hydrogen-bond acceptors (Lipinski definition) is 8. The van der Waals surface area contributed by atoms with Gasteiger partial charge in [-0.25, -0.2) is 9.97 Å². The molecule has 2 aromatic heterocycles. The second kappa shape index (κ2) is 10.7. The second-order valence-electron chi connectivity index (χ2n) is 9.12. The van der Waals surface area contributed by atoms with Gasteiger partial charge < -0.3 is 24.8 Å². The van der Waals surface area contributed by atoms with Gasteiger partial charge in [-0.2, -0.15) is 0 Å². The molecule has 1 amide bonds. The van der Waals surface area contributed by atoms with Crippen LogP contribution in [0.5, 0.6) is 11.5 Å². The number of amides is 1. The zero-order chi connectivity index (χ0) is 26.1. The number of rotatable bonds is 9. The van der Waals surface area contributed by atoms with Crippen molar-refractivity contribution in [1.82, 2.24) is 20.3 Å². The summed E-state index contributed by atoms with van der Waals surface area (Å²) in [5, 5.41) is 7.69. The molecule has 3 heterocycles. The van der Waals surface area contributed by atoms with Crippen LogP contribution in [0.25, 0.3) is 22.2 Å². The summed E-state index contributed by atoms with van der Waals surface area (Å²) >= 11 is 13.4. The van der Waals surface area contributed by atoms with Crippen LogP contribution >= 0.6 is 23.2 Å². The van der Waals surface area contributed by atoms with Gasteiger partial charge in [-0.15, -0.1) is 0 Å². The molecule has 1 aliphatic heterocycles. The Balaban J connectivity index is 1.54. The molecule has 9 nitrogen and oxygen atoms in total. The van der Waals surface area contributed by atoms with Crippen molar-refractivity contribution in [3.63, 3.8) is 0 Å². The highest BCUT2D eigenvalue weighted by Crippen LogP contribution is 2.46. The van der Waals surface area contributed by atoms with Gasteiger partial charge in [-0.1, -0.05) is 29.8 Å². The van der Waals surface area contributed by atoms with Crippen LogP contribution in [0.4, 0.5) is 5.95 Å². The van der Waals surface area contributed by atoms with E-state index in [2.05, 4.69) is 22.2 Å². The van der Waals surface area contributed by atoms with Crippen molar-refractivity contribution >= 4 is 46.0 Å². The molecular weight excluding hydrogens is 517 g/mol. The van der Waals surface area contributed by atoms with E-state index in [9.17, 15) is 4.79 Å². The molecule has 0 unspecified atom stereocenters. The quantitative estimate of drug-likeness (QED) is 0.381. The number of halogens is 2. The predicted molar refractivity (Wildman–Crippen MR) is 143 cm³/mol. The van der Waals surface area contributed by atoms with E-state index in [0.717, 1.165) is 35.9 Å². The van der Waals surface area contributed by atoms with Crippen LogP contribution in [0.3, 0.4) is 0 Å². The molecule has 1 aromatic carbocycles. The summed E-state index contributed by atoms with van der Waals surface area (Å²) in [6, 6.07) is 3.12. The Morgan fingerprint density at radius 2 is 1.84 bits per heavy atom. The van der Waals surface area contributed by atoms with Crippen LogP contribution < -0.4 is 20.1 Å². The van der Waals surface area contributed by atoms with Crippen LogP contribution in [-0.2, 0) is 16.0 Å². The zero-order valence-electron chi connectivity index (χ0n) is 20.5. The molecule has 5 rings (SSSR count). The summed E-state index contributed by atoms with van der Waals surface area (Å²) in [6.45, 7) is 4.33. The van der Waals surface area contributed by atoms with Gasteiger partial charge >= 0.3 is 0 Å². The van der Waals surface area contributed by atoms with Gasteiger partial charge in [0, 0.05) is 23.2 Å². The molecule has 37 heavy (non-hydrogen) atoms. The first kappa shape index (κ1) is 25.5. The number of benzene rings is 1. The van der Waals surface area contributed by atoms with Crippen LogP contribution in [0, 0.1) is 5.92 Å². The Labute approximate surface area is 224 Å². The van der Waals surface area contributed by atoms with Crippen molar-refractivity contribution < 1.29 is 19.0 Å². The molecule has 2 N–H and O–H groups in total. The summed E-state index contributed by atoms with van der Waals surface area (Å²) in [6.07, 6.45) is 6.08. The van der Waals surface area contributed by atoms with Crippen LogP contribution in [0.1, 0.15) is 18.5 Å². The second-order valence-corrected chi connectivity index (χ2v) is 9.88. The number of pyridine rings is 1. The third kappa shape index (κ3) is 5.30. The van der Waals surface area contributed by atoms with Crippen molar-refractivity contribution in [1.29, 1.82) is 0 Å². The number of aromatic nitrogens is 3. The maximum Gasteiger partial charge on any atom is 0.243 e. The van der Waals surface area contributed by atoms with Gasteiger partial charge in [0.2, 0.25) is 11.9 Å². The lowest BCUT2D eigenvalue weighted by Gasteiger charge is -2.20. The summed E-state index contributed by atoms with van der Waals surface area (Å²) < 4.78 is 16.4. The molecule has 2 atom stereocenters. The number of methoxy groups -OCH3 is 2. The molecule has 11 heteroatoms. The van der Waals surface area contributed by atoms with Crippen molar-refractivity contribution in [2.24, 2.45) is 5.92 Å². The minimum atomic E-state index is -0.253. The summed E-state index contributed by atoms with van der Waals surface area (Å²) in [5.74, 6) is 1.63. The summed E-state index contributed by atoms with van der Waals surface area (Å²) in [4.78, 5) is 26.1. The first-order valence-electron chi connectivity index (χ1n) is 12.0. The van der Waals surface area contributed by atoms with E-state index in [0.29, 0.717) is 57.9 Å². The van der Waals surface area contributed by atoms with Crippen LogP contribution in [0.15, 0.2) is 31.0 Å². The monoisotopic (exact) mass is 543 g/mol. The Morgan fingerprint density at radius 3 is 2.49 bits per heavy atom. The number of ether oxygens (including phenoxy) is 3. The predicted octanol–water partition coefficient (Wildman–Crippen LogP) is 4.45. The fraction of sp³-hybridized carbons (Fsp3) is 0.385. The highest BCUT2D eigenvalue weighted by atomic mass is 35.5. The minimum Gasteiger partial charge on any atom is -0.495 e. The highest BCUT2D eigenvalue weighted by molar-refractivity contribution is 6.41. The van der Waals surface area contributed by atoms with Gasteiger partial charge in [-0.05, 0) is 37.3 Å². The van der Waals surface area contributed by atoms with Gasteiger partial charge in [0.05, 0.1) is 66.5 Å². The first-order chi connectivity index (χ1) is 17.9. The topological polar surface area (TPSA) is 107 Å². The van der Waals surface area contributed by atoms with E-state index in [1.807, 2.05) is 6.07 Å². The number of nitrogens with zero attached hydrogens (tertiary/aromatic N) is 3. The van der Waals surface area contributed by atoms with E-state index in [-0.39, 0.29) is 18.0 Å². The lowest BCUT2D eigenvalue weighted by atomic mass is 10.1. The van der Waals surface area contributed by atoms with E-state index in [1.165, 1.54) is 20.3 Å². The largest absolute Gasteiger partial charge is 0.495 e. The van der Waals surface area contributed by atoms with Gasteiger partial charge in [-0.3, -0.25) is 9.78 Å². The molecule has 194 valence electrons. The number of carbonyl (C=O) groups is 1. The van der Waals surface area contributed by atoms with E-state index in [1.54, 1.807) is 12.3 Å². The third-order valence-corrected chi connectivity index (χ3v) is 7.31. The lowest BCUT2D eigenvalue weighted by molar-refractivity contribution is -0.117. The number of nitrogens with one attached hydrogen (secondary N) is 2. The normalized spacial score (nSPS) is 19.0. The van der Waals surface area contributed by atoms with Gasteiger partial charge in [0.15, 0.2) is 0 Å². The zero-order valence-corrected chi connectivity index (χ0v) is 22.0. The standard InChI is InChI=1S/C26H27Cl2N5O4/c1-4-21(34)31-17-11-37-12-18(17)32-26-29-10-14-8-15(30-16(25(14)33-26)7-13-5-6-13)22-23(27)19(35-2)9-20(36-3)24(22)28/h4,8-10,13,17-18H,1,5-7,11-12H2,2-3H3,(H,31,34)(H,29,32,33)/t17-,18+/m0/s1. The Hall–Kier alpha value is -3.14. The average molecular weight is 544 g/mol. The maximum absolute atomic E-state index is 11.8. The van der Waals surface area contributed by atoms with Gasteiger partial charge in [0.1, 0.15) is 11.5 Å². The number of anilines is 1. The summed E-state index contributed by atoms with van der Waals surface area (Å²) in [5.41, 5.74) is 2.72. The van der Waals surface area contributed by atoms with Crippen LogP contribution in [0.2, 0.25) is 10.0 Å². The molecule has 2 fully saturated rings. The fourth-order valence-electron chi connectivity index (χ4n) is 4.40. The van der Waals surface area contributed by atoms with Crippen molar-refractivity contribution in [3.8, 4) is 22.8 Å². The molecule has 0 radical (unpaired) electrons. The van der Waals surface area contributed by atoms with E-state index >= 15 is 0 Å². The molecular formula is C26H27Cl2N5O4.